The van der Waals surface area contributed by atoms with Gasteiger partial charge in [0.15, 0.2) is 0 Å². The van der Waals surface area contributed by atoms with Crippen molar-refractivity contribution < 1.29 is 18.7 Å². The van der Waals surface area contributed by atoms with Crippen molar-refractivity contribution in [1.29, 1.82) is 0 Å². The van der Waals surface area contributed by atoms with Gasteiger partial charge < -0.3 is 15.7 Å². The van der Waals surface area contributed by atoms with Crippen molar-refractivity contribution in [2.24, 2.45) is 0 Å². The van der Waals surface area contributed by atoms with Gasteiger partial charge >= 0.3 is 0 Å². The molecule has 16 heavy (non-hydrogen) atoms. The number of rotatable bonds is 3. The number of carbonyl (C=O) groups excluding carboxylic acids is 1. The van der Waals surface area contributed by atoms with E-state index in [1.807, 2.05) is 0 Å². The minimum atomic E-state index is -0.971. The SMILES string of the molecule is CN(CCO)C(=O)c1cc(N)c(F)cc1F. The second-order valence-corrected chi connectivity index (χ2v) is 3.30. The van der Waals surface area contributed by atoms with Gasteiger partial charge in [-0.2, -0.15) is 0 Å². The molecule has 4 nitrogen and oxygen atoms in total. The normalized spacial score (nSPS) is 10.2. The van der Waals surface area contributed by atoms with E-state index in [-0.39, 0.29) is 24.4 Å². The topological polar surface area (TPSA) is 66.6 Å². The van der Waals surface area contributed by atoms with Crippen LogP contribution in [0.1, 0.15) is 10.4 Å². The lowest BCUT2D eigenvalue weighted by molar-refractivity contribution is 0.0762. The third-order valence-electron chi connectivity index (χ3n) is 2.10. The molecule has 88 valence electrons. The minimum absolute atomic E-state index is 0.0650. The Hall–Kier alpha value is -1.69. The summed E-state index contributed by atoms with van der Waals surface area (Å²) in [6.07, 6.45) is 0. The number of carbonyl (C=O) groups is 1. The molecule has 1 rings (SSSR count). The average Bonchev–Trinajstić information content (AvgIpc) is 2.23. The molecule has 0 saturated carbocycles. The first-order valence-electron chi connectivity index (χ1n) is 4.58. The molecule has 0 radical (unpaired) electrons. The van der Waals surface area contributed by atoms with Crippen LogP contribution in [0, 0.1) is 11.6 Å². The average molecular weight is 230 g/mol. The summed E-state index contributed by atoms with van der Waals surface area (Å²) < 4.78 is 26.1. The Bertz CT molecular complexity index is 410. The molecule has 0 aromatic heterocycles. The van der Waals surface area contributed by atoms with Crippen molar-refractivity contribution in [3.8, 4) is 0 Å². The molecule has 0 heterocycles. The highest BCUT2D eigenvalue weighted by Gasteiger charge is 2.17. The highest BCUT2D eigenvalue weighted by Crippen LogP contribution is 2.17. The largest absolute Gasteiger partial charge is 0.396 e. The van der Waals surface area contributed by atoms with Gasteiger partial charge in [-0.1, -0.05) is 0 Å². The summed E-state index contributed by atoms with van der Waals surface area (Å²) in [6.45, 7) is -0.171. The number of nitrogens with two attached hydrogens (primary N) is 1. The number of benzene rings is 1. The monoisotopic (exact) mass is 230 g/mol. The van der Waals surface area contributed by atoms with E-state index in [2.05, 4.69) is 0 Å². The van der Waals surface area contributed by atoms with Crippen molar-refractivity contribution in [2.75, 3.05) is 25.9 Å². The maximum Gasteiger partial charge on any atom is 0.256 e. The fraction of sp³-hybridized carbons (Fsp3) is 0.300. The van der Waals surface area contributed by atoms with Crippen LogP contribution in [0.2, 0.25) is 0 Å². The lowest BCUT2D eigenvalue weighted by atomic mass is 10.1. The number of aliphatic hydroxyl groups excluding tert-OH is 1. The van der Waals surface area contributed by atoms with Gasteiger partial charge in [0.1, 0.15) is 11.6 Å². The number of halogens is 2. The summed E-state index contributed by atoms with van der Waals surface area (Å²) in [5.41, 5.74) is 4.64. The predicted octanol–water partition coefficient (Wildman–Crippen LogP) is 0.611. The van der Waals surface area contributed by atoms with E-state index in [9.17, 15) is 13.6 Å². The maximum absolute atomic E-state index is 13.3. The van der Waals surface area contributed by atoms with Crippen molar-refractivity contribution in [1.82, 2.24) is 4.90 Å². The molecule has 0 fully saturated rings. The molecular weight excluding hydrogens is 218 g/mol. The molecule has 0 saturated heterocycles. The molecule has 0 spiro atoms. The predicted molar refractivity (Wildman–Crippen MR) is 54.8 cm³/mol. The van der Waals surface area contributed by atoms with Crippen LogP contribution in [0.25, 0.3) is 0 Å². The first-order valence-corrected chi connectivity index (χ1v) is 4.58. The third-order valence-corrected chi connectivity index (χ3v) is 2.10. The zero-order valence-electron chi connectivity index (χ0n) is 8.70. The Morgan fingerprint density at radius 2 is 2.06 bits per heavy atom. The smallest absolute Gasteiger partial charge is 0.256 e. The maximum atomic E-state index is 13.3. The van der Waals surface area contributed by atoms with Gasteiger partial charge in [-0.05, 0) is 6.07 Å². The molecule has 1 aromatic rings. The van der Waals surface area contributed by atoms with E-state index in [0.29, 0.717) is 6.07 Å². The second kappa shape index (κ2) is 4.89. The van der Waals surface area contributed by atoms with E-state index >= 15 is 0 Å². The second-order valence-electron chi connectivity index (χ2n) is 3.30. The first-order chi connectivity index (χ1) is 7.47. The summed E-state index contributed by atoms with van der Waals surface area (Å²) in [5.74, 6) is -2.53. The van der Waals surface area contributed by atoms with Gasteiger partial charge in [0.05, 0.1) is 17.9 Å². The molecule has 1 aromatic carbocycles. The van der Waals surface area contributed by atoms with Gasteiger partial charge in [-0.3, -0.25) is 4.79 Å². The molecule has 0 atom stereocenters. The fourth-order valence-electron chi connectivity index (χ4n) is 1.19. The van der Waals surface area contributed by atoms with E-state index in [1.165, 1.54) is 7.05 Å². The van der Waals surface area contributed by atoms with Gasteiger partial charge in [0.25, 0.3) is 5.91 Å². The van der Waals surface area contributed by atoms with Gasteiger partial charge in [0, 0.05) is 19.7 Å². The molecular formula is C10H12F2N2O2. The number of aliphatic hydroxyl groups is 1. The van der Waals surface area contributed by atoms with Crippen LogP contribution >= 0.6 is 0 Å². The van der Waals surface area contributed by atoms with Gasteiger partial charge in [-0.25, -0.2) is 8.78 Å². The van der Waals surface area contributed by atoms with E-state index in [1.54, 1.807) is 0 Å². The first kappa shape index (κ1) is 12.4. The van der Waals surface area contributed by atoms with Crippen LogP contribution in [-0.4, -0.2) is 36.1 Å². The summed E-state index contributed by atoms with van der Waals surface area (Å²) in [4.78, 5) is 12.7. The quantitative estimate of drug-likeness (QED) is 0.748. The number of amides is 1. The zero-order valence-corrected chi connectivity index (χ0v) is 8.70. The molecule has 0 bridgehead atoms. The Balaban J connectivity index is 3.04. The number of nitrogen functional groups attached to an aromatic ring is 1. The third kappa shape index (κ3) is 2.46. The van der Waals surface area contributed by atoms with Crippen molar-refractivity contribution >= 4 is 11.6 Å². The standard InChI is InChI=1S/C10H12F2N2O2/c1-14(2-3-15)10(16)6-4-9(13)8(12)5-7(6)11/h4-5,15H,2-3,13H2,1H3. The van der Waals surface area contributed by atoms with Crippen LogP contribution in [0.3, 0.4) is 0 Å². The summed E-state index contributed by atoms with van der Waals surface area (Å²) in [6, 6.07) is 1.51. The van der Waals surface area contributed by atoms with Crippen LogP contribution in [0.15, 0.2) is 12.1 Å². The number of hydrogen-bond acceptors (Lipinski definition) is 3. The summed E-state index contributed by atoms with van der Waals surface area (Å²) in [7, 11) is 1.40. The zero-order chi connectivity index (χ0) is 12.3. The van der Waals surface area contributed by atoms with E-state index < -0.39 is 17.5 Å². The summed E-state index contributed by atoms with van der Waals surface area (Å²) in [5, 5.41) is 8.63. The number of nitrogens with zero attached hydrogens (tertiary/aromatic N) is 1. The Morgan fingerprint density at radius 3 is 2.62 bits per heavy atom. The van der Waals surface area contributed by atoms with Crippen molar-refractivity contribution in [3.05, 3.63) is 29.3 Å². The molecule has 0 aliphatic rings. The number of hydrogen-bond donors (Lipinski definition) is 2. The Morgan fingerprint density at radius 1 is 1.44 bits per heavy atom. The lowest BCUT2D eigenvalue weighted by Crippen LogP contribution is -2.30. The Labute approximate surface area is 91.3 Å². The van der Waals surface area contributed by atoms with Crippen LogP contribution in [0.5, 0.6) is 0 Å². The van der Waals surface area contributed by atoms with Crippen LogP contribution in [0.4, 0.5) is 14.5 Å². The molecule has 0 unspecified atom stereocenters. The lowest BCUT2D eigenvalue weighted by Gasteiger charge is -2.16. The highest BCUT2D eigenvalue weighted by atomic mass is 19.1. The van der Waals surface area contributed by atoms with Gasteiger partial charge in [-0.15, -0.1) is 0 Å². The minimum Gasteiger partial charge on any atom is -0.396 e. The molecule has 6 heteroatoms. The summed E-state index contributed by atoms with van der Waals surface area (Å²) >= 11 is 0. The highest BCUT2D eigenvalue weighted by molar-refractivity contribution is 5.95. The van der Waals surface area contributed by atoms with Gasteiger partial charge in [0.2, 0.25) is 0 Å². The van der Waals surface area contributed by atoms with E-state index in [4.69, 9.17) is 10.8 Å². The molecule has 3 N–H and O–H groups in total. The molecule has 0 aliphatic heterocycles. The van der Waals surface area contributed by atoms with Crippen molar-refractivity contribution in [3.63, 3.8) is 0 Å². The van der Waals surface area contributed by atoms with Crippen LogP contribution in [-0.2, 0) is 0 Å². The number of likely N-dealkylation sites (N-methyl/N-ethyl adjacent to an activating group) is 1. The Kier molecular flexibility index (Phi) is 3.78. The van der Waals surface area contributed by atoms with Crippen molar-refractivity contribution in [2.45, 2.75) is 0 Å². The van der Waals surface area contributed by atoms with Crippen LogP contribution < -0.4 is 5.73 Å². The van der Waals surface area contributed by atoms with E-state index in [0.717, 1.165) is 11.0 Å². The molecule has 0 aliphatic carbocycles. The number of anilines is 1. The fourth-order valence-corrected chi connectivity index (χ4v) is 1.19. The molecule has 1 amide bonds.